The maximum atomic E-state index is 6.19. The molecule has 0 atom stereocenters. The van der Waals surface area contributed by atoms with Gasteiger partial charge in [0.25, 0.3) is 0 Å². The molecule has 1 aliphatic heterocycles. The molecule has 0 bridgehead atoms. The number of ether oxygens (including phenoxy) is 1. The van der Waals surface area contributed by atoms with Crippen molar-refractivity contribution in [2.24, 2.45) is 0 Å². The number of nitrogens with one attached hydrogen (secondary N) is 1. The van der Waals surface area contributed by atoms with Crippen molar-refractivity contribution in [2.45, 2.75) is 45.8 Å². The minimum absolute atomic E-state index is 0.339. The van der Waals surface area contributed by atoms with Gasteiger partial charge in [-0.1, -0.05) is 12.1 Å². The highest BCUT2D eigenvalue weighted by Gasteiger charge is 2.52. The molecule has 0 saturated carbocycles. The van der Waals surface area contributed by atoms with Gasteiger partial charge >= 0.3 is 7.12 Å². The Morgan fingerprint density at radius 1 is 1.22 bits per heavy atom. The van der Waals surface area contributed by atoms with Gasteiger partial charge in [0.15, 0.2) is 0 Å². The molecule has 0 unspecified atom stereocenters. The summed E-state index contributed by atoms with van der Waals surface area (Å²) in [6, 6.07) is 6.07. The average Bonchev–Trinajstić information content (AvgIpc) is 2.69. The predicted octanol–water partition coefficient (Wildman–Crippen LogP) is 3.24. The van der Waals surface area contributed by atoms with E-state index >= 15 is 0 Å². The van der Waals surface area contributed by atoms with Gasteiger partial charge in [-0.3, -0.25) is 0 Å². The van der Waals surface area contributed by atoms with Crippen LogP contribution in [0.3, 0.4) is 0 Å². The Morgan fingerprint density at radius 3 is 2.35 bits per heavy atom. The first-order valence-electron chi connectivity index (χ1n) is 8.05. The lowest BCUT2D eigenvalue weighted by atomic mass is 9.76. The van der Waals surface area contributed by atoms with Crippen LogP contribution in [-0.2, 0) is 9.31 Å². The second kappa shape index (κ2) is 6.67. The van der Waals surface area contributed by atoms with Crippen molar-refractivity contribution in [3.63, 3.8) is 0 Å². The number of aryl methyl sites for hydroxylation is 1. The molecule has 0 spiro atoms. The first-order chi connectivity index (χ1) is 10.7. The van der Waals surface area contributed by atoms with Crippen molar-refractivity contribution in [3.8, 4) is 5.75 Å². The van der Waals surface area contributed by atoms with Crippen molar-refractivity contribution in [1.29, 1.82) is 0 Å². The highest BCUT2D eigenvalue weighted by Crippen LogP contribution is 2.38. The van der Waals surface area contributed by atoms with Crippen LogP contribution in [0.25, 0.3) is 6.08 Å². The number of likely N-dealkylation sites (N-methyl/N-ethyl adjacent to an activating group) is 1. The summed E-state index contributed by atoms with van der Waals surface area (Å²) in [4.78, 5) is 0. The predicted molar refractivity (Wildman–Crippen MR) is 95.7 cm³/mol. The lowest BCUT2D eigenvalue weighted by Gasteiger charge is -2.32. The van der Waals surface area contributed by atoms with E-state index in [0.29, 0.717) is 6.54 Å². The summed E-state index contributed by atoms with van der Waals surface area (Å²) in [5, 5.41) is 3.21. The van der Waals surface area contributed by atoms with E-state index in [2.05, 4.69) is 52.1 Å². The summed E-state index contributed by atoms with van der Waals surface area (Å²) in [5.74, 6) is 0.847. The molecule has 5 heteroatoms. The van der Waals surface area contributed by atoms with E-state index in [-0.39, 0.29) is 18.3 Å². The van der Waals surface area contributed by atoms with Gasteiger partial charge in [0.05, 0.1) is 18.3 Å². The Kier molecular flexibility index (Phi) is 5.24. The number of hydrogen-bond acceptors (Lipinski definition) is 4. The monoisotopic (exact) mass is 317 g/mol. The molecule has 4 nitrogen and oxygen atoms in total. The molecule has 1 fully saturated rings. The zero-order valence-electron chi connectivity index (χ0n) is 15.3. The molecule has 23 heavy (non-hydrogen) atoms. The molecule has 1 N–H and O–H groups in total. The van der Waals surface area contributed by atoms with E-state index in [9.17, 15) is 0 Å². The summed E-state index contributed by atoms with van der Waals surface area (Å²) in [6.07, 6.45) is 2.14. The quantitative estimate of drug-likeness (QED) is 0.847. The van der Waals surface area contributed by atoms with Crippen molar-refractivity contribution in [2.75, 3.05) is 20.7 Å². The number of benzene rings is 1. The molecule has 1 aromatic rings. The fraction of sp³-hybridized carbons (Fsp3) is 0.556. The number of rotatable bonds is 5. The Labute approximate surface area is 140 Å². The van der Waals surface area contributed by atoms with E-state index in [1.165, 1.54) is 5.56 Å². The van der Waals surface area contributed by atoms with Crippen LogP contribution >= 0.6 is 0 Å². The van der Waals surface area contributed by atoms with Gasteiger partial charge < -0.3 is 19.4 Å². The van der Waals surface area contributed by atoms with E-state index in [1.807, 2.05) is 19.2 Å². The maximum absolute atomic E-state index is 6.19. The highest BCUT2D eigenvalue weighted by molar-refractivity contribution is 6.55. The van der Waals surface area contributed by atoms with Crippen molar-refractivity contribution >= 4 is 13.2 Å². The second-order valence-corrected chi connectivity index (χ2v) is 7.06. The Bertz CT molecular complexity index is 580. The van der Waals surface area contributed by atoms with Crippen LogP contribution < -0.4 is 10.1 Å². The SMILES string of the molecule is CNCC(=Cc1cc(OC)ccc1C)B1OC(C)(C)C(C)(C)O1. The van der Waals surface area contributed by atoms with E-state index in [0.717, 1.165) is 16.8 Å². The summed E-state index contributed by atoms with van der Waals surface area (Å²) in [6.45, 7) is 11.1. The van der Waals surface area contributed by atoms with Crippen LogP contribution in [0.15, 0.2) is 23.7 Å². The summed E-state index contributed by atoms with van der Waals surface area (Å²) >= 11 is 0. The smallest absolute Gasteiger partial charge is 0.491 e. The third-order valence-corrected chi connectivity index (χ3v) is 4.76. The third kappa shape index (κ3) is 3.79. The highest BCUT2D eigenvalue weighted by atomic mass is 16.7. The fourth-order valence-electron chi connectivity index (χ4n) is 2.50. The van der Waals surface area contributed by atoms with Gasteiger partial charge in [-0.15, -0.1) is 0 Å². The summed E-state index contributed by atoms with van der Waals surface area (Å²) in [7, 11) is 3.26. The van der Waals surface area contributed by atoms with E-state index in [4.69, 9.17) is 14.0 Å². The zero-order chi connectivity index (χ0) is 17.3. The summed E-state index contributed by atoms with van der Waals surface area (Å²) < 4.78 is 17.7. The van der Waals surface area contributed by atoms with Crippen LogP contribution in [0.4, 0.5) is 0 Å². The minimum atomic E-state index is -0.349. The van der Waals surface area contributed by atoms with Crippen molar-refractivity contribution in [1.82, 2.24) is 5.32 Å². The molecule has 1 heterocycles. The van der Waals surface area contributed by atoms with Gasteiger partial charge in [-0.2, -0.15) is 0 Å². The fourth-order valence-corrected chi connectivity index (χ4v) is 2.50. The molecule has 126 valence electrons. The maximum Gasteiger partial charge on any atom is 0.491 e. The molecule has 2 rings (SSSR count). The van der Waals surface area contributed by atoms with Gasteiger partial charge in [-0.25, -0.2) is 0 Å². The summed E-state index contributed by atoms with van der Waals surface area (Å²) in [5.41, 5.74) is 2.70. The first kappa shape index (κ1) is 18.0. The molecule has 0 amide bonds. The normalized spacial score (nSPS) is 20.0. The average molecular weight is 317 g/mol. The van der Waals surface area contributed by atoms with Crippen LogP contribution in [0, 0.1) is 6.92 Å². The van der Waals surface area contributed by atoms with Gasteiger partial charge in [0.1, 0.15) is 5.75 Å². The van der Waals surface area contributed by atoms with E-state index < -0.39 is 0 Å². The van der Waals surface area contributed by atoms with Gasteiger partial charge in [0, 0.05) is 6.54 Å². The minimum Gasteiger partial charge on any atom is -0.497 e. The largest absolute Gasteiger partial charge is 0.497 e. The second-order valence-electron chi connectivity index (χ2n) is 7.06. The standard InChI is InChI=1S/C18H28BNO3/c1-13-8-9-16(21-7)11-14(13)10-15(12-20-6)19-22-17(2,3)18(4,5)23-19/h8-11,20H,12H2,1-7H3. The Hall–Kier alpha value is -1.30. The molecule has 1 aliphatic rings. The van der Waals surface area contributed by atoms with Crippen LogP contribution in [0.1, 0.15) is 38.8 Å². The van der Waals surface area contributed by atoms with Crippen molar-refractivity contribution < 1.29 is 14.0 Å². The topological polar surface area (TPSA) is 39.7 Å². The molecular weight excluding hydrogens is 289 g/mol. The third-order valence-electron chi connectivity index (χ3n) is 4.76. The van der Waals surface area contributed by atoms with Crippen LogP contribution in [-0.4, -0.2) is 39.0 Å². The molecule has 0 radical (unpaired) electrons. The molecule has 1 aromatic carbocycles. The van der Waals surface area contributed by atoms with Gasteiger partial charge in [0.2, 0.25) is 0 Å². The number of hydrogen-bond donors (Lipinski definition) is 1. The Balaban J connectivity index is 2.36. The van der Waals surface area contributed by atoms with Crippen LogP contribution in [0.2, 0.25) is 0 Å². The molecule has 0 aliphatic carbocycles. The molecular formula is C18H28BNO3. The first-order valence-corrected chi connectivity index (χ1v) is 8.05. The number of methoxy groups -OCH3 is 1. The van der Waals surface area contributed by atoms with E-state index in [1.54, 1.807) is 7.11 Å². The lowest BCUT2D eigenvalue weighted by Crippen LogP contribution is -2.41. The molecule has 1 saturated heterocycles. The Morgan fingerprint density at radius 2 is 1.83 bits per heavy atom. The van der Waals surface area contributed by atoms with Crippen LogP contribution in [0.5, 0.6) is 5.75 Å². The van der Waals surface area contributed by atoms with Crippen molar-refractivity contribution in [3.05, 3.63) is 34.8 Å². The molecule has 0 aromatic heterocycles. The zero-order valence-corrected chi connectivity index (χ0v) is 15.3. The van der Waals surface area contributed by atoms with Gasteiger partial charge in [-0.05, 0) is 70.4 Å². The lowest BCUT2D eigenvalue weighted by molar-refractivity contribution is 0.00578.